The summed E-state index contributed by atoms with van der Waals surface area (Å²) in [6.45, 7) is 2.66. The second-order valence-electron chi connectivity index (χ2n) is 6.95. The standard InChI is InChI=1S/C24H22N2O5/c1-16(23(27)26-19-9-12-21-22(15-19)30-14-13-29-21)31-20-10-7-18(8-11-20)25-24(28)17-5-3-2-4-6-17/h2-12,15-16H,13-14H2,1H3,(H,25,28)(H,26,27)/t16-/m1/s1. The Hall–Kier alpha value is -4.00. The molecule has 0 radical (unpaired) electrons. The molecule has 0 spiro atoms. The maximum absolute atomic E-state index is 12.5. The van der Waals surface area contributed by atoms with Crippen molar-refractivity contribution in [3.05, 3.63) is 78.4 Å². The highest BCUT2D eigenvalue weighted by Crippen LogP contribution is 2.32. The van der Waals surface area contributed by atoms with E-state index in [1.165, 1.54) is 0 Å². The van der Waals surface area contributed by atoms with E-state index in [-0.39, 0.29) is 11.8 Å². The Kier molecular flexibility index (Phi) is 6.03. The van der Waals surface area contributed by atoms with Gasteiger partial charge in [-0.3, -0.25) is 9.59 Å². The molecule has 158 valence electrons. The third-order valence-electron chi connectivity index (χ3n) is 4.64. The van der Waals surface area contributed by atoms with Crippen molar-refractivity contribution < 1.29 is 23.8 Å². The molecule has 0 saturated carbocycles. The van der Waals surface area contributed by atoms with Gasteiger partial charge in [-0.25, -0.2) is 0 Å². The SMILES string of the molecule is C[C@@H](Oc1ccc(NC(=O)c2ccccc2)cc1)C(=O)Nc1ccc2c(c1)OCCO2. The molecule has 0 aliphatic carbocycles. The fraction of sp³-hybridized carbons (Fsp3) is 0.167. The van der Waals surface area contributed by atoms with Crippen molar-refractivity contribution in [2.45, 2.75) is 13.0 Å². The molecule has 2 N–H and O–H groups in total. The molecule has 0 fully saturated rings. The highest BCUT2D eigenvalue weighted by Gasteiger charge is 2.17. The highest BCUT2D eigenvalue weighted by atomic mass is 16.6. The highest BCUT2D eigenvalue weighted by molar-refractivity contribution is 6.04. The van der Waals surface area contributed by atoms with Crippen LogP contribution in [0.15, 0.2) is 72.8 Å². The minimum Gasteiger partial charge on any atom is -0.486 e. The van der Waals surface area contributed by atoms with Crippen LogP contribution < -0.4 is 24.8 Å². The third-order valence-corrected chi connectivity index (χ3v) is 4.64. The monoisotopic (exact) mass is 418 g/mol. The molecule has 2 amide bonds. The summed E-state index contributed by atoms with van der Waals surface area (Å²) in [5, 5.41) is 5.63. The van der Waals surface area contributed by atoms with E-state index in [1.807, 2.05) is 18.2 Å². The van der Waals surface area contributed by atoms with E-state index in [0.29, 0.717) is 47.4 Å². The second-order valence-corrected chi connectivity index (χ2v) is 6.95. The predicted octanol–water partition coefficient (Wildman–Crippen LogP) is 4.12. The van der Waals surface area contributed by atoms with Gasteiger partial charge in [0.1, 0.15) is 19.0 Å². The number of nitrogens with one attached hydrogen (secondary N) is 2. The van der Waals surface area contributed by atoms with Gasteiger partial charge < -0.3 is 24.8 Å². The third kappa shape index (κ3) is 5.14. The fourth-order valence-electron chi connectivity index (χ4n) is 3.03. The summed E-state index contributed by atoms with van der Waals surface area (Å²) in [6.07, 6.45) is -0.724. The molecule has 3 aromatic carbocycles. The lowest BCUT2D eigenvalue weighted by Gasteiger charge is -2.20. The van der Waals surface area contributed by atoms with Gasteiger partial charge in [-0.2, -0.15) is 0 Å². The first-order valence-corrected chi connectivity index (χ1v) is 9.92. The number of amides is 2. The van der Waals surface area contributed by atoms with Gasteiger partial charge in [-0.15, -0.1) is 0 Å². The van der Waals surface area contributed by atoms with Gasteiger partial charge in [0.05, 0.1) is 0 Å². The number of anilines is 2. The zero-order valence-corrected chi connectivity index (χ0v) is 17.0. The summed E-state index contributed by atoms with van der Waals surface area (Å²) in [5.74, 6) is 1.29. The molecule has 7 nitrogen and oxygen atoms in total. The molecule has 7 heteroatoms. The summed E-state index contributed by atoms with van der Waals surface area (Å²) in [6, 6.07) is 21.1. The Bertz CT molecular complexity index is 1070. The van der Waals surface area contributed by atoms with Gasteiger partial charge in [-0.05, 0) is 55.5 Å². The predicted molar refractivity (Wildman–Crippen MR) is 117 cm³/mol. The summed E-state index contributed by atoms with van der Waals surface area (Å²) in [4.78, 5) is 24.7. The smallest absolute Gasteiger partial charge is 0.265 e. The lowest BCUT2D eigenvalue weighted by molar-refractivity contribution is -0.122. The molecule has 4 rings (SSSR count). The summed E-state index contributed by atoms with van der Waals surface area (Å²) >= 11 is 0. The van der Waals surface area contributed by atoms with Gasteiger partial charge in [-0.1, -0.05) is 18.2 Å². The van der Waals surface area contributed by atoms with Gasteiger partial charge in [0.15, 0.2) is 17.6 Å². The average molecular weight is 418 g/mol. The van der Waals surface area contributed by atoms with Gasteiger partial charge >= 0.3 is 0 Å². The maximum Gasteiger partial charge on any atom is 0.265 e. The molecular weight excluding hydrogens is 396 g/mol. The maximum atomic E-state index is 12.5. The molecule has 1 atom stereocenters. The summed E-state index contributed by atoms with van der Waals surface area (Å²) in [5.41, 5.74) is 1.81. The van der Waals surface area contributed by atoms with E-state index in [2.05, 4.69) is 10.6 Å². The second kappa shape index (κ2) is 9.21. The van der Waals surface area contributed by atoms with Gasteiger partial charge in [0.2, 0.25) is 0 Å². The first-order valence-electron chi connectivity index (χ1n) is 9.92. The Morgan fingerprint density at radius 1 is 0.839 bits per heavy atom. The molecule has 3 aromatic rings. The quantitative estimate of drug-likeness (QED) is 0.629. The van der Waals surface area contributed by atoms with E-state index in [9.17, 15) is 9.59 Å². The minimum atomic E-state index is -0.724. The molecule has 1 aliphatic heterocycles. The lowest BCUT2D eigenvalue weighted by Crippen LogP contribution is -2.30. The topological polar surface area (TPSA) is 85.9 Å². The lowest BCUT2D eigenvalue weighted by atomic mass is 10.2. The Labute approximate surface area is 179 Å². The molecule has 0 saturated heterocycles. The van der Waals surface area contributed by atoms with E-state index in [1.54, 1.807) is 61.5 Å². The van der Waals surface area contributed by atoms with Crippen LogP contribution in [0.1, 0.15) is 17.3 Å². The van der Waals surface area contributed by atoms with Crippen molar-refractivity contribution in [3.8, 4) is 17.2 Å². The molecule has 0 bridgehead atoms. The average Bonchev–Trinajstić information content (AvgIpc) is 2.80. The van der Waals surface area contributed by atoms with Crippen LogP contribution in [0.2, 0.25) is 0 Å². The number of benzene rings is 3. The molecule has 0 unspecified atom stereocenters. The number of ether oxygens (including phenoxy) is 3. The van der Waals surface area contributed by atoms with Crippen LogP contribution in [0.3, 0.4) is 0 Å². The van der Waals surface area contributed by atoms with Gasteiger partial charge in [0.25, 0.3) is 11.8 Å². The molecule has 1 aliphatic rings. The van der Waals surface area contributed by atoms with Crippen LogP contribution in [-0.4, -0.2) is 31.1 Å². The van der Waals surface area contributed by atoms with Gasteiger partial charge in [0, 0.05) is 23.0 Å². The molecule has 1 heterocycles. The first-order chi connectivity index (χ1) is 15.1. The van der Waals surface area contributed by atoms with E-state index < -0.39 is 6.10 Å². The largest absolute Gasteiger partial charge is 0.486 e. The van der Waals surface area contributed by atoms with Crippen molar-refractivity contribution >= 4 is 23.2 Å². The Balaban J connectivity index is 1.32. The minimum absolute atomic E-state index is 0.193. The van der Waals surface area contributed by atoms with Crippen LogP contribution in [0, 0.1) is 0 Å². The van der Waals surface area contributed by atoms with Crippen molar-refractivity contribution in [1.29, 1.82) is 0 Å². The van der Waals surface area contributed by atoms with Crippen LogP contribution in [0.25, 0.3) is 0 Å². The normalized spacial score (nSPS) is 13.1. The fourth-order valence-corrected chi connectivity index (χ4v) is 3.03. The molecule has 0 aromatic heterocycles. The van der Waals surface area contributed by atoms with Crippen LogP contribution in [0.5, 0.6) is 17.2 Å². The van der Waals surface area contributed by atoms with Crippen molar-refractivity contribution in [3.63, 3.8) is 0 Å². The zero-order chi connectivity index (χ0) is 21.6. The number of carbonyl (C=O) groups excluding carboxylic acids is 2. The van der Waals surface area contributed by atoms with E-state index in [0.717, 1.165) is 0 Å². The van der Waals surface area contributed by atoms with E-state index in [4.69, 9.17) is 14.2 Å². The Morgan fingerprint density at radius 2 is 1.52 bits per heavy atom. The van der Waals surface area contributed by atoms with Crippen LogP contribution >= 0.6 is 0 Å². The number of fused-ring (bicyclic) bond motifs is 1. The molecular formula is C24H22N2O5. The zero-order valence-electron chi connectivity index (χ0n) is 17.0. The van der Waals surface area contributed by atoms with Crippen molar-refractivity contribution in [2.24, 2.45) is 0 Å². The number of rotatable bonds is 6. The number of hydrogen-bond acceptors (Lipinski definition) is 5. The van der Waals surface area contributed by atoms with E-state index >= 15 is 0 Å². The Morgan fingerprint density at radius 3 is 2.26 bits per heavy atom. The van der Waals surface area contributed by atoms with Crippen molar-refractivity contribution in [1.82, 2.24) is 0 Å². The number of carbonyl (C=O) groups is 2. The first kappa shape index (κ1) is 20.3. The van der Waals surface area contributed by atoms with Crippen molar-refractivity contribution in [2.75, 3.05) is 23.8 Å². The molecule has 31 heavy (non-hydrogen) atoms. The van der Waals surface area contributed by atoms with Crippen LogP contribution in [-0.2, 0) is 4.79 Å². The summed E-state index contributed by atoms with van der Waals surface area (Å²) < 4.78 is 16.7. The van der Waals surface area contributed by atoms with Crippen LogP contribution in [0.4, 0.5) is 11.4 Å². The number of hydrogen-bond donors (Lipinski definition) is 2. The summed E-state index contributed by atoms with van der Waals surface area (Å²) in [7, 11) is 0.